The summed E-state index contributed by atoms with van der Waals surface area (Å²) in [6.07, 6.45) is 0. The standard InChI is InChI=1S/C14H7Cl2NOS/c15-10-2-1-3-11-9(10)7-19-13-6-8(14(16)18)4-5-12(13)17-11/h1-7H. The van der Waals surface area contributed by atoms with Gasteiger partial charge < -0.3 is 0 Å². The van der Waals surface area contributed by atoms with E-state index in [-0.39, 0.29) is 0 Å². The van der Waals surface area contributed by atoms with E-state index >= 15 is 0 Å². The molecule has 1 aliphatic rings. The number of hydrogen-bond acceptors (Lipinski definition) is 3. The predicted octanol–water partition coefficient (Wildman–Crippen LogP) is 3.51. The van der Waals surface area contributed by atoms with E-state index in [1.165, 1.54) is 11.8 Å². The van der Waals surface area contributed by atoms with Gasteiger partial charge in [-0.15, -0.1) is 0 Å². The van der Waals surface area contributed by atoms with E-state index in [4.69, 9.17) is 23.2 Å². The van der Waals surface area contributed by atoms with Gasteiger partial charge in [-0.25, -0.2) is 4.99 Å². The maximum atomic E-state index is 11.2. The zero-order valence-corrected chi connectivity index (χ0v) is 11.9. The van der Waals surface area contributed by atoms with Crippen molar-refractivity contribution in [3.63, 3.8) is 0 Å². The molecule has 0 atom stereocenters. The normalized spacial score (nSPS) is 12.5. The Morgan fingerprint density at radius 2 is 2.05 bits per heavy atom. The number of carbonyl (C=O) groups is 1. The molecule has 2 aromatic carbocycles. The topological polar surface area (TPSA) is 29.4 Å². The van der Waals surface area contributed by atoms with E-state index in [9.17, 15) is 4.79 Å². The van der Waals surface area contributed by atoms with Crippen LogP contribution in [0.1, 0.15) is 10.4 Å². The molecule has 0 N–H and O–H groups in total. The van der Waals surface area contributed by atoms with Gasteiger partial charge in [-0.3, -0.25) is 4.79 Å². The highest BCUT2D eigenvalue weighted by Gasteiger charge is 2.10. The molecule has 1 aliphatic heterocycles. The first-order chi connectivity index (χ1) is 9.15. The molecular formula is C14H7Cl2NOS. The third-order valence-corrected chi connectivity index (χ3v) is 4.24. The highest BCUT2D eigenvalue weighted by atomic mass is 35.5. The summed E-state index contributed by atoms with van der Waals surface area (Å²) in [6.45, 7) is 0. The van der Waals surface area contributed by atoms with Gasteiger partial charge in [0.2, 0.25) is 0 Å². The summed E-state index contributed by atoms with van der Waals surface area (Å²) in [6, 6.07) is 10.8. The number of carbonyl (C=O) groups excluding carboxylic acids is 1. The summed E-state index contributed by atoms with van der Waals surface area (Å²) in [5.74, 6) is 0. The number of nitrogens with zero attached hydrogens (tertiary/aromatic N) is 1. The first-order valence-corrected chi connectivity index (χ1v) is 7.13. The van der Waals surface area contributed by atoms with Crippen LogP contribution in [-0.4, -0.2) is 5.24 Å². The molecule has 0 saturated carbocycles. The molecular weight excluding hydrogens is 301 g/mol. The highest BCUT2D eigenvalue weighted by molar-refractivity contribution is 8.06. The minimum absolute atomic E-state index is 0.466. The zero-order chi connectivity index (χ0) is 13.4. The minimum atomic E-state index is -0.469. The second-order valence-electron chi connectivity index (χ2n) is 3.98. The fraction of sp³-hybridized carbons (Fsp3) is 0. The molecule has 0 amide bonds. The van der Waals surface area contributed by atoms with Crippen molar-refractivity contribution in [2.75, 3.05) is 0 Å². The van der Waals surface area contributed by atoms with Gasteiger partial charge in [-0.2, -0.15) is 0 Å². The molecule has 5 heteroatoms. The van der Waals surface area contributed by atoms with Crippen LogP contribution in [0.15, 0.2) is 46.3 Å². The average Bonchev–Trinajstić information content (AvgIpc) is 2.57. The largest absolute Gasteiger partial charge is 0.276 e. The summed E-state index contributed by atoms with van der Waals surface area (Å²) in [7, 11) is 0. The molecule has 0 aromatic heterocycles. The van der Waals surface area contributed by atoms with Crippen molar-refractivity contribution in [2.24, 2.45) is 4.99 Å². The number of benzene rings is 2. The molecule has 0 radical (unpaired) electrons. The molecule has 19 heavy (non-hydrogen) atoms. The fourth-order valence-corrected chi connectivity index (χ4v) is 3.14. The average molecular weight is 308 g/mol. The second kappa shape index (κ2) is 5.00. The van der Waals surface area contributed by atoms with Crippen LogP contribution in [0.3, 0.4) is 0 Å². The lowest BCUT2D eigenvalue weighted by molar-refractivity contribution is 0.108. The van der Waals surface area contributed by atoms with E-state index in [1.807, 2.05) is 23.6 Å². The SMILES string of the molecule is O=C(Cl)c1ccc2c(c1)SC=c1c(Cl)cccc1=N2. The molecule has 2 nitrogen and oxygen atoms in total. The second-order valence-corrected chi connectivity index (χ2v) is 5.64. The molecule has 0 bridgehead atoms. The van der Waals surface area contributed by atoms with Crippen LogP contribution in [-0.2, 0) is 0 Å². The van der Waals surface area contributed by atoms with Gasteiger partial charge in [0.25, 0.3) is 5.24 Å². The smallest absolute Gasteiger partial charge is 0.252 e. The van der Waals surface area contributed by atoms with E-state index in [0.717, 1.165) is 21.2 Å². The molecule has 94 valence electrons. The molecule has 2 aromatic rings. The fourth-order valence-electron chi connectivity index (χ4n) is 1.82. The molecule has 0 aliphatic carbocycles. The van der Waals surface area contributed by atoms with Crippen molar-refractivity contribution in [3.05, 3.63) is 57.6 Å². The van der Waals surface area contributed by atoms with Crippen LogP contribution in [0.5, 0.6) is 0 Å². The van der Waals surface area contributed by atoms with Crippen LogP contribution in [0.25, 0.3) is 5.41 Å². The Balaban J connectivity index is 2.25. The van der Waals surface area contributed by atoms with E-state index in [0.29, 0.717) is 10.6 Å². The Morgan fingerprint density at radius 3 is 2.84 bits per heavy atom. The number of fused-ring (bicyclic) bond motifs is 2. The molecule has 1 heterocycles. The van der Waals surface area contributed by atoms with Gasteiger partial charge in [-0.05, 0) is 47.3 Å². The van der Waals surface area contributed by atoms with Gasteiger partial charge in [0.15, 0.2) is 0 Å². The number of halogens is 2. The van der Waals surface area contributed by atoms with Crippen molar-refractivity contribution in [2.45, 2.75) is 4.90 Å². The number of hydrogen-bond donors (Lipinski definition) is 0. The van der Waals surface area contributed by atoms with Gasteiger partial charge in [0, 0.05) is 15.7 Å². The minimum Gasteiger partial charge on any atom is -0.276 e. The van der Waals surface area contributed by atoms with Crippen LogP contribution in [0.4, 0.5) is 5.69 Å². The van der Waals surface area contributed by atoms with Crippen molar-refractivity contribution in [1.29, 1.82) is 0 Å². The molecule has 3 rings (SSSR count). The summed E-state index contributed by atoms with van der Waals surface area (Å²) in [5, 5.41) is 3.85. The Morgan fingerprint density at radius 1 is 1.21 bits per heavy atom. The summed E-state index contributed by atoms with van der Waals surface area (Å²) in [5.41, 5.74) is 1.28. The summed E-state index contributed by atoms with van der Waals surface area (Å²) >= 11 is 13.1. The van der Waals surface area contributed by atoms with Crippen LogP contribution in [0, 0.1) is 0 Å². The third kappa shape index (κ3) is 2.41. The van der Waals surface area contributed by atoms with E-state index < -0.39 is 5.24 Å². The van der Waals surface area contributed by atoms with Gasteiger partial charge in [0.1, 0.15) is 0 Å². The first-order valence-electron chi connectivity index (χ1n) is 5.49. The molecule has 0 saturated heterocycles. The Hall–Kier alpha value is -1.29. The first kappa shape index (κ1) is 12.7. The summed E-state index contributed by atoms with van der Waals surface area (Å²) < 4.78 is 0. The van der Waals surface area contributed by atoms with Crippen LogP contribution >= 0.6 is 35.0 Å². The predicted molar refractivity (Wildman–Crippen MR) is 78.8 cm³/mol. The lowest BCUT2D eigenvalue weighted by Crippen LogP contribution is -2.24. The van der Waals surface area contributed by atoms with Gasteiger partial charge in [0.05, 0.1) is 16.1 Å². The maximum Gasteiger partial charge on any atom is 0.252 e. The van der Waals surface area contributed by atoms with E-state index in [2.05, 4.69) is 4.99 Å². The third-order valence-electron chi connectivity index (χ3n) is 2.76. The Labute approximate surface area is 123 Å². The lowest BCUT2D eigenvalue weighted by atomic mass is 10.2. The van der Waals surface area contributed by atoms with Crippen molar-refractivity contribution < 1.29 is 4.79 Å². The number of rotatable bonds is 1. The molecule has 0 fully saturated rings. The van der Waals surface area contributed by atoms with Crippen LogP contribution < -0.4 is 10.6 Å². The maximum absolute atomic E-state index is 11.2. The molecule has 0 unspecified atom stereocenters. The summed E-state index contributed by atoms with van der Waals surface area (Å²) in [4.78, 5) is 16.6. The van der Waals surface area contributed by atoms with Gasteiger partial charge >= 0.3 is 0 Å². The molecule has 0 spiro atoms. The van der Waals surface area contributed by atoms with Crippen molar-refractivity contribution in [3.8, 4) is 0 Å². The Kier molecular flexibility index (Phi) is 3.35. The van der Waals surface area contributed by atoms with E-state index in [1.54, 1.807) is 18.2 Å². The lowest BCUT2D eigenvalue weighted by Gasteiger charge is -2.02. The van der Waals surface area contributed by atoms with Gasteiger partial charge in [-0.1, -0.05) is 29.4 Å². The Bertz CT molecular complexity index is 802. The zero-order valence-electron chi connectivity index (χ0n) is 9.56. The van der Waals surface area contributed by atoms with Crippen molar-refractivity contribution in [1.82, 2.24) is 0 Å². The monoisotopic (exact) mass is 307 g/mol. The van der Waals surface area contributed by atoms with Crippen molar-refractivity contribution >= 4 is 51.3 Å². The highest BCUT2D eigenvalue weighted by Crippen LogP contribution is 2.32. The quantitative estimate of drug-likeness (QED) is 0.755. The number of thioether (sulfide) groups is 1. The van der Waals surface area contributed by atoms with Crippen LogP contribution in [0.2, 0.25) is 5.02 Å².